The van der Waals surface area contributed by atoms with Gasteiger partial charge in [0.15, 0.2) is 0 Å². The first-order valence-electron chi connectivity index (χ1n) is 5.38. The van der Waals surface area contributed by atoms with Crippen LogP contribution in [0.3, 0.4) is 0 Å². The lowest BCUT2D eigenvalue weighted by atomic mass is 9.89. The summed E-state index contributed by atoms with van der Waals surface area (Å²) in [5.41, 5.74) is -0.716. The highest BCUT2D eigenvalue weighted by Crippen LogP contribution is 2.21. The van der Waals surface area contributed by atoms with Crippen molar-refractivity contribution < 1.29 is 14.6 Å². The van der Waals surface area contributed by atoms with E-state index in [1.165, 1.54) is 0 Å². The molecule has 0 aromatic heterocycles. The molecule has 0 radical (unpaired) electrons. The van der Waals surface area contributed by atoms with Gasteiger partial charge in [-0.05, 0) is 19.8 Å². The molecule has 0 aliphatic heterocycles. The molecular formula is C11H22O3. The average molecular weight is 202 g/mol. The Hall–Kier alpha value is -0.570. The maximum absolute atomic E-state index is 10.9. The molecule has 0 bridgehead atoms. The largest absolute Gasteiger partial charge is 0.481 e. The van der Waals surface area contributed by atoms with Crippen molar-refractivity contribution in [1.29, 1.82) is 0 Å². The number of unbranched alkanes of at least 4 members (excludes halogenated alkanes) is 2. The Kier molecular flexibility index (Phi) is 6.54. The lowest BCUT2D eigenvalue weighted by Gasteiger charge is -2.22. The minimum atomic E-state index is -0.768. The molecule has 1 N–H and O–H groups in total. The van der Waals surface area contributed by atoms with E-state index in [0.717, 1.165) is 19.3 Å². The monoisotopic (exact) mass is 202 g/mol. The molecule has 0 aromatic rings. The molecule has 0 spiro atoms. The minimum absolute atomic E-state index is 0.322. The Bertz CT molecular complexity index is 168. The summed E-state index contributed by atoms with van der Waals surface area (Å²) in [4.78, 5) is 10.9. The second kappa shape index (κ2) is 6.82. The van der Waals surface area contributed by atoms with Gasteiger partial charge in [0.1, 0.15) is 0 Å². The molecule has 1 unspecified atom stereocenters. The normalized spacial score (nSPS) is 15.1. The Labute approximate surface area is 86.5 Å². The molecule has 0 rings (SSSR count). The molecule has 0 amide bonds. The quantitative estimate of drug-likeness (QED) is 0.615. The number of aliphatic carboxylic acids is 1. The van der Waals surface area contributed by atoms with Crippen molar-refractivity contribution >= 4 is 5.97 Å². The standard InChI is InChI=1S/C11H22O3/c1-4-6-7-8-14-9-11(3,5-2)10(12)13/h4-9H2,1-3H3,(H,12,13). The maximum Gasteiger partial charge on any atom is 0.311 e. The van der Waals surface area contributed by atoms with Crippen LogP contribution in [-0.4, -0.2) is 24.3 Å². The van der Waals surface area contributed by atoms with Gasteiger partial charge in [-0.1, -0.05) is 26.7 Å². The van der Waals surface area contributed by atoms with E-state index in [2.05, 4.69) is 6.92 Å². The zero-order valence-corrected chi connectivity index (χ0v) is 9.51. The Morgan fingerprint density at radius 2 is 2.00 bits per heavy atom. The predicted molar refractivity (Wildman–Crippen MR) is 56.4 cm³/mol. The van der Waals surface area contributed by atoms with Crippen LogP contribution in [0.1, 0.15) is 46.5 Å². The van der Waals surface area contributed by atoms with Gasteiger partial charge in [0.2, 0.25) is 0 Å². The second-order valence-corrected chi connectivity index (χ2v) is 3.98. The Balaban J connectivity index is 3.68. The average Bonchev–Trinajstić information content (AvgIpc) is 2.17. The molecule has 1 atom stereocenters. The van der Waals surface area contributed by atoms with Crippen LogP contribution in [0.4, 0.5) is 0 Å². The highest BCUT2D eigenvalue weighted by Gasteiger charge is 2.31. The van der Waals surface area contributed by atoms with Gasteiger partial charge >= 0.3 is 5.97 Å². The van der Waals surface area contributed by atoms with Gasteiger partial charge in [-0.25, -0.2) is 0 Å². The highest BCUT2D eigenvalue weighted by molar-refractivity contribution is 5.74. The van der Waals surface area contributed by atoms with Crippen LogP contribution in [-0.2, 0) is 9.53 Å². The summed E-state index contributed by atoms with van der Waals surface area (Å²) in [6.07, 6.45) is 3.94. The van der Waals surface area contributed by atoms with E-state index in [-0.39, 0.29) is 0 Å². The van der Waals surface area contributed by atoms with Crippen molar-refractivity contribution in [3.05, 3.63) is 0 Å². The van der Waals surface area contributed by atoms with Crippen molar-refractivity contribution in [2.45, 2.75) is 46.5 Å². The van der Waals surface area contributed by atoms with Crippen molar-refractivity contribution in [2.75, 3.05) is 13.2 Å². The summed E-state index contributed by atoms with van der Waals surface area (Å²) >= 11 is 0. The minimum Gasteiger partial charge on any atom is -0.481 e. The molecule has 0 fully saturated rings. The number of carboxylic acid groups (broad SMARTS) is 1. The topological polar surface area (TPSA) is 46.5 Å². The first kappa shape index (κ1) is 13.4. The fourth-order valence-electron chi connectivity index (χ4n) is 1.07. The molecule has 3 nitrogen and oxygen atoms in total. The van der Waals surface area contributed by atoms with Crippen LogP contribution in [0.15, 0.2) is 0 Å². The van der Waals surface area contributed by atoms with E-state index in [9.17, 15) is 4.79 Å². The molecule has 84 valence electrons. The Morgan fingerprint density at radius 1 is 1.36 bits per heavy atom. The first-order valence-corrected chi connectivity index (χ1v) is 5.38. The van der Waals surface area contributed by atoms with E-state index in [0.29, 0.717) is 19.6 Å². The smallest absolute Gasteiger partial charge is 0.311 e. The molecule has 0 heterocycles. The van der Waals surface area contributed by atoms with Gasteiger partial charge in [0, 0.05) is 6.61 Å². The van der Waals surface area contributed by atoms with Crippen molar-refractivity contribution in [3.63, 3.8) is 0 Å². The van der Waals surface area contributed by atoms with Gasteiger partial charge in [-0.3, -0.25) is 4.79 Å². The molecule has 0 saturated heterocycles. The van der Waals surface area contributed by atoms with Crippen molar-refractivity contribution in [3.8, 4) is 0 Å². The van der Waals surface area contributed by atoms with E-state index < -0.39 is 11.4 Å². The fourth-order valence-corrected chi connectivity index (χ4v) is 1.07. The first-order chi connectivity index (χ1) is 6.56. The van der Waals surface area contributed by atoms with E-state index in [1.807, 2.05) is 6.92 Å². The fraction of sp³-hybridized carbons (Fsp3) is 0.909. The van der Waals surface area contributed by atoms with Gasteiger partial charge < -0.3 is 9.84 Å². The molecule has 0 aliphatic rings. The molecule has 0 aliphatic carbocycles. The van der Waals surface area contributed by atoms with Crippen LogP contribution in [0.5, 0.6) is 0 Å². The van der Waals surface area contributed by atoms with Gasteiger partial charge in [0.05, 0.1) is 12.0 Å². The number of carbonyl (C=O) groups is 1. The maximum atomic E-state index is 10.9. The number of rotatable bonds is 8. The number of hydrogen-bond donors (Lipinski definition) is 1. The number of ether oxygens (including phenoxy) is 1. The van der Waals surface area contributed by atoms with E-state index in [4.69, 9.17) is 9.84 Å². The highest BCUT2D eigenvalue weighted by atomic mass is 16.5. The number of hydrogen-bond acceptors (Lipinski definition) is 2. The molecular weight excluding hydrogens is 180 g/mol. The van der Waals surface area contributed by atoms with Crippen LogP contribution in [0, 0.1) is 5.41 Å². The van der Waals surface area contributed by atoms with E-state index >= 15 is 0 Å². The molecule has 0 aromatic carbocycles. The van der Waals surface area contributed by atoms with Gasteiger partial charge in [-0.2, -0.15) is 0 Å². The lowest BCUT2D eigenvalue weighted by molar-refractivity contribution is -0.152. The van der Waals surface area contributed by atoms with Crippen LogP contribution in [0.2, 0.25) is 0 Å². The van der Waals surface area contributed by atoms with Crippen LogP contribution in [0.25, 0.3) is 0 Å². The zero-order valence-electron chi connectivity index (χ0n) is 9.51. The Morgan fingerprint density at radius 3 is 2.43 bits per heavy atom. The summed E-state index contributed by atoms with van der Waals surface area (Å²) in [5, 5.41) is 8.96. The van der Waals surface area contributed by atoms with Crippen molar-refractivity contribution in [2.24, 2.45) is 5.41 Å². The summed E-state index contributed by atoms with van der Waals surface area (Å²) in [6, 6.07) is 0. The zero-order chi connectivity index (χ0) is 11.0. The predicted octanol–water partition coefficient (Wildman–Crippen LogP) is 2.69. The third kappa shape index (κ3) is 4.61. The van der Waals surface area contributed by atoms with Gasteiger partial charge in [0.25, 0.3) is 0 Å². The molecule has 3 heteroatoms. The number of carboxylic acids is 1. The lowest BCUT2D eigenvalue weighted by Crippen LogP contribution is -2.32. The SMILES string of the molecule is CCCCCOCC(C)(CC)C(=O)O. The third-order valence-corrected chi connectivity index (χ3v) is 2.61. The molecule has 14 heavy (non-hydrogen) atoms. The summed E-state index contributed by atoms with van der Waals surface area (Å²) in [7, 11) is 0. The van der Waals surface area contributed by atoms with Crippen LogP contribution < -0.4 is 0 Å². The second-order valence-electron chi connectivity index (χ2n) is 3.98. The summed E-state index contributed by atoms with van der Waals surface area (Å²) in [6.45, 7) is 6.74. The van der Waals surface area contributed by atoms with E-state index in [1.54, 1.807) is 6.92 Å². The van der Waals surface area contributed by atoms with Crippen molar-refractivity contribution in [1.82, 2.24) is 0 Å². The summed E-state index contributed by atoms with van der Waals surface area (Å²) < 4.78 is 5.37. The van der Waals surface area contributed by atoms with Crippen LogP contribution >= 0.6 is 0 Å². The molecule has 0 saturated carbocycles. The van der Waals surface area contributed by atoms with Gasteiger partial charge in [-0.15, -0.1) is 0 Å². The third-order valence-electron chi connectivity index (χ3n) is 2.61. The summed E-state index contributed by atoms with van der Waals surface area (Å²) in [5.74, 6) is -0.768.